The second-order valence-electron chi connectivity index (χ2n) is 6.17. The van der Waals surface area contributed by atoms with E-state index in [2.05, 4.69) is 48.3 Å². The molecule has 0 amide bonds. The van der Waals surface area contributed by atoms with Gasteiger partial charge in [0.15, 0.2) is 5.82 Å². The van der Waals surface area contributed by atoms with Crippen LogP contribution in [0.15, 0.2) is 6.07 Å². The van der Waals surface area contributed by atoms with Crippen LogP contribution in [-0.2, 0) is 11.3 Å². The highest BCUT2D eigenvalue weighted by Crippen LogP contribution is 2.25. The zero-order valence-corrected chi connectivity index (χ0v) is 13.6. The van der Waals surface area contributed by atoms with Gasteiger partial charge in [-0.2, -0.15) is 0 Å². The Labute approximate surface area is 122 Å². The molecule has 2 N–H and O–H groups in total. The Morgan fingerprint density at radius 3 is 2.30 bits per heavy atom. The maximum atomic E-state index is 5.12. The number of hydrogen-bond acceptors (Lipinski definition) is 5. The Morgan fingerprint density at radius 2 is 1.80 bits per heavy atom. The predicted octanol–water partition coefficient (Wildman–Crippen LogP) is 3.15. The summed E-state index contributed by atoms with van der Waals surface area (Å²) in [5.41, 5.74) is 0.278. The first kappa shape index (κ1) is 16.7. The van der Waals surface area contributed by atoms with Crippen LogP contribution in [0.25, 0.3) is 0 Å². The molecule has 5 heteroatoms. The smallest absolute Gasteiger partial charge is 0.158 e. The minimum Gasteiger partial charge on any atom is -0.377 e. The number of nitrogens with one attached hydrogen (secondary N) is 2. The Hall–Kier alpha value is -1.36. The first-order chi connectivity index (χ1) is 9.36. The van der Waals surface area contributed by atoms with Gasteiger partial charge in [-0.3, -0.25) is 0 Å². The zero-order valence-electron chi connectivity index (χ0n) is 13.6. The van der Waals surface area contributed by atoms with Crippen molar-refractivity contribution >= 4 is 11.6 Å². The summed E-state index contributed by atoms with van der Waals surface area (Å²) < 4.78 is 5.12. The molecule has 1 aromatic rings. The molecule has 0 saturated heterocycles. The van der Waals surface area contributed by atoms with E-state index in [1.54, 1.807) is 7.11 Å². The molecule has 1 rings (SSSR count). The van der Waals surface area contributed by atoms with Crippen LogP contribution in [0.5, 0.6) is 0 Å². The third kappa shape index (κ3) is 5.33. The van der Waals surface area contributed by atoms with Gasteiger partial charge in [0.1, 0.15) is 18.2 Å². The third-order valence-corrected chi connectivity index (χ3v) is 3.47. The molecule has 1 unspecified atom stereocenters. The van der Waals surface area contributed by atoms with E-state index in [1.807, 2.05) is 13.0 Å². The highest BCUT2D eigenvalue weighted by molar-refractivity contribution is 5.47. The molecule has 0 radical (unpaired) electrons. The maximum Gasteiger partial charge on any atom is 0.158 e. The Kier molecular flexibility index (Phi) is 6.20. The lowest BCUT2D eigenvalue weighted by molar-refractivity contribution is 0.178. The second kappa shape index (κ2) is 7.43. The van der Waals surface area contributed by atoms with Gasteiger partial charge in [-0.1, -0.05) is 27.7 Å². The molecule has 0 aliphatic rings. The fourth-order valence-electron chi connectivity index (χ4n) is 1.62. The van der Waals surface area contributed by atoms with Crippen molar-refractivity contribution in [1.29, 1.82) is 0 Å². The summed E-state index contributed by atoms with van der Waals surface area (Å²) in [5, 5.41) is 6.62. The van der Waals surface area contributed by atoms with Gasteiger partial charge in [0, 0.05) is 26.3 Å². The number of methoxy groups -OCH3 is 1. The summed E-state index contributed by atoms with van der Waals surface area (Å²) >= 11 is 0. The molecule has 0 saturated carbocycles. The van der Waals surface area contributed by atoms with E-state index in [-0.39, 0.29) is 5.41 Å². The summed E-state index contributed by atoms with van der Waals surface area (Å²) in [6.45, 7) is 13.2. The average Bonchev–Trinajstić information content (AvgIpc) is 2.35. The molecule has 1 heterocycles. The molecule has 1 atom stereocenters. The van der Waals surface area contributed by atoms with Gasteiger partial charge in [0.05, 0.1) is 0 Å². The maximum absolute atomic E-state index is 5.12. The number of hydrogen-bond donors (Lipinski definition) is 2. The van der Waals surface area contributed by atoms with Gasteiger partial charge < -0.3 is 15.4 Å². The summed E-state index contributed by atoms with van der Waals surface area (Å²) in [4.78, 5) is 8.87. The highest BCUT2D eigenvalue weighted by Gasteiger charge is 2.19. The number of anilines is 2. The van der Waals surface area contributed by atoms with Crippen molar-refractivity contribution in [3.05, 3.63) is 11.9 Å². The lowest BCUT2D eigenvalue weighted by Gasteiger charge is -2.27. The van der Waals surface area contributed by atoms with Crippen LogP contribution < -0.4 is 10.6 Å². The normalized spacial score (nSPS) is 13.1. The van der Waals surface area contributed by atoms with Crippen molar-refractivity contribution in [3.63, 3.8) is 0 Å². The van der Waals surface area contributed by atoms with Crippen molar-refractivity contribution in [2.75, 3.05) is 30.8 Å². The largest absolute Gasteiger partial charge is 0.377 e. The quantitative estimate of drug-likeness (QED) is 0.803. The SMILES string of the molecule is CCNc1cc(NCC(C)C(C)(C)C)nc(COC)n1. The third-order valence-electron chi connectivity index (χ3n) is 3.47. The highest BCUT2D eigenvalue weighted by atomic mass is 16.5. The van der Waals surface area contributed by atoms with Gasteiger partial charge in [-0.25, -0.2) is 9.97 Å². The van der Waals surface area contributed by atoms with Gasteiger partial charge in [-0.15, -0.1) is 0 Å². The molecule has 0 aromatic carbocycles. The topological polar surface area (TPSA) is 59.1 Å². The molecule has 0 aliphatic heterocycles. The minimum atomic E-state index is 0.278. The van der Waals surface area contributed by atoms with Crippen LogP contribution in [0.3, 0.4) is 0 Å². The summed E-state index contributed by atoms with van der Waals surface area (Å²) in [7, 11) is 1.65. The lowest BCUT2D eigenvalue weighted by atomic mass is 9.82. The lowest BCUT2D eigenvalue weighted by Crippen LogP contribution is -2.25. The van der Waals surface area contributed by atoms with Crippen LogP contribution in [0.2, 0.25) is 0 Å². The first-order valence-corrected chi connectivity index (χ1v) is 7.21. The van der Waals surface area contributed by atoms with Gasteiger partial charge in [0.2, 0.25) is 0 Å². The van der Waals surface area contributed by atoms with E-state index in [4.69, 9.17) is 4.74 Å². The summed E-state index contributed by atoms with van der Waals surface area (Å²) in [6.07, 6.45) is 0. The van der Waals surface area contributed by atoms with E-state index < -0.39 is 0 Å². The molecule has 1 aromatic heterocycles. The van der Waals surface area contributed by atoms with Gasteiger partial charge in [0.25, 0.3) is 0 Å². The Balaban J connectivity index is 2.77. The van der Waals surface area contributed by atoms with Crippen molar-refractivity contribution in [3.8, 4) is 0 Å². The molecular weight excluding hydrogens is 252 g/mol. The van der Waals surface area contributed by atoms with E-state index in [1.165, 1.54) is 0 Å². The fraction of sp³-hybridized carbons (Fsp3) is 0.733. The number of ether oxygens (including phenoxy) is 1. The predicted molar refractivity (Wildman–Crippen MR) is 84.0 cm³/mol. The molecule has 114 valence electrons. The van der Waals surface area contributed by atoms with Crippen molar-refractivity contribution < 1.29 is 4.74 Å². The zero-order chi connectivity index (χ0) is 15.2. The molecule has 5 nitrogen and oxygen atoms in total. The first-order valence-electron chi connectivity index (χ1n) is 7.21. The molecule has 0 bridgehead atoms. The van der Waals surface area contributed by atoms with Crippen molar-refractivity contribution in [2.45, 2.75) is 41.2 Å². The van der Waals surface area contributed by atoms with Crippen LogP contribution in [0.4, 0.5) is 11.6 Å². The van der Waals surface area contributed by atoms with Gasteiger partial charge >= 0.3 is 0 Å². The van der Waals surface area contributed by atoms with Crippen molar-refractivity contribution in [2.24, 2.45) is 11.3 Å². The van der Waals surface area contributed by atoms with Crippen LogP contribution in [-0.4, -0.2) is 30.2 Å². The van der Waals surface area contributed by atoms with E-state index in [0.717, 1.165) is 24.7 Å². The van der Waals surface area contributed by atoms with Crippen LogP contribution in [0, 0.1) is 11.3 Å². The van der Waals surface area contributed by atoms with Crippen LogP contribution >= 0.6 is 0 Å². The molecule has 0 aliphatic carbocycles. The van der Waals surface area contributed by atoms with Gasteiger partial charge in [-0.05, 0) is 18.3 Å². The summed E-state index contributed by atoms with van der Waals surface area (Å²) in [5.74, 6) is 2.92. The number of aromatic nitrogens is 2. The minimum absolute atomic E-state index is 0.278. The molecule has 0 fully saturated rings. The van der Waals surface area contributed by atoms with Crippen molar-refractivity contribution in [1.82, 2.24) is 9.97 Å². The number of nitrogens with zero attached hydrogens (tertiary/aromatic N) is 2. The van der Waals surface area contributed by atoms with Crippen LogP contribution in [0.1, 0.15) is 40.4 Å². The molecule has 20 heavy (non-hydrogen) atoms. The van der Waals surface area contributed by atoms with E-state index in [0.29, 0.717) is 18.3 Å². The Morgan fingerprint density at radius 1 is 1.20 bits per heavy atom. The van der Waals surface area contributed by atoms with E-state index >= 15 is 0 Å². The van der Waals surface area contributed by atoms with E-state index in [9.17, 15) is 0 Å². The fourth-order valence-corrected chi connectivity index (χ4v) is 1.62. The molecule has 0 spiro atoms. The number of rotatable bonds is 7. The molecular formula is C15H28N4O. The Bertz CT molecular complexity index is 391. The average molecular weight is 280 g/mol. The second-order valence-corrected chi connectivity index (χ2v) is 6.17. The summed E-state index contributed by atoms with van der Waals surface area (Å²) in [6, 6.07) is 1.94. The standard InChI is InChI=1S/C15H28N4O/c1-7-16-12-8-13(19-14(18-12)10-20-6)17-9-11(2)15(3,4)5/h8,11H,7,9-10H2,1-6H3,(H2,16,17,18,19). The monoisotopic (exact) mass is 280 g/mol.